The second-order valence-electron chi connectivity index (χ2n) is 3.54. The molecule has 0 aliphatic carbocycles. The summed E-state index contributed by atoms with van der Waals surface area (Å²) in [6, 6.07) is 0.643. The van der Waals surface area contributed by atoms with Gasteiger partial charge < -0.3 is 10.1 Å². The third-order valence-corrected chi connectivity index (χ3v) is 1.88. The Morgan fingerprint density at radius 3 is 2.42 bits per heavy atom. The summed E-state index contributed by atoms with van der Waals surface area (Å²) in [6.07, 6.45) is 2.68. The molecular formula is C10H23NO. The SMILES string of the molecule is CCC(C)NCCCOC(C)C. The minimum absolute atomic E-state index is 0.369. The average molecular weight is 173 g/mol. The van der Waals surface area contributed by atoms with Crippen molar-refractivity contribution in [1.82, 2.24) is 5.32 Å². The molecule has 0 fully saturated rings. The fourth-order valence-corrected chi connectivity index (χ4v) is 0.884. The molecule has 0 heterocycles. The lowest BCUT2D eigenvalue weighted by molar-refractivity contribution is 0.0767. The van der Waals surface area contributed by atoms with Crippen LogP contribution in [-0.2, 0) is 4.74 Å². The summed E-state index contributed by atoms with van der Waals surface area (Å²) in [5, 5.41) is 3.43. The van der Waals surface area contributed by atoms with E-state index in [4.69, 9.17) is 4.74 Å². The zero-order valence-electron chi connectivity index (χ0n) is 8.89. The van der Waals surface area contributed by atoms with Crippen LogP contribution in [0.4, 0.5) is 0 Å². The van der Waals surface area contributed by atoms with Crippen LogP contribution in [0.5, 0.6) is 0 Å². The highest BCUT2D eigenvalue weighted by molar-refractivity contribution is 4.56. The molecule has 2 heteroatoms. The van der Waals surface area contributed by atoms with E-state index in [1.54, 1.807) is 0 Å². The highest BCUT2D eigenvalue weighted by Gasteiger charge is 1.96. The van der Waals surface area contributed by atoms with E-state index in [0.29, 0.717) is 12.1 Å². The van der Waals surface area contributed by atoms with E-state index in [9.17, 15) is 0 Å². The van der Waals surface area contributed by atoms with E-state index in [2.05, 4.69) is 33.0 Å². The molecule has 1 atom stereocenters. The summed E-state index contributed by atoms with van der Waals surface area (Å²) in [5.74, 6) is 0. The van der Waals surface area contributed by atoms with E-state index >= 15 is 0 Å². The number of ether oxygens (including phenoxy) is 1. The van der Waals surface area contributed by atoms with Crippen LogP contribution in [0.25, 0.3) is 0 Å². The van der Waals surface area contributed by atoms with Gasteiger partial charge in [-0.2, -0.15) is 0 Å². The van der Waals surface area contributed by atoms with Gasteiger partial charge in [0.2, 0.25) is 0 Å². The topological polar surface area (TPSA) is 21.3 Å². The van der Waals surface area contributed by atoms with Crippen molar-refractivity contribution in [2.75, 3.05) is 13.2 Å². The van der Waals surface area contributed by atoms with Gasteiger partial charge in [-0.1, -0.05) is 6.92 Å². The molecule has 2 nitrogen and oxygen atoms in total. The fourth-order valence-electron chi connectivity index (χ4n) is 0.884. The lowest BCUT2D eigenvalue weighted by atomic mass is 10.2. The normalized spacial score (nSPS) is 13.8. The van der Waals surface area contributed by atoms with Crippen molar-refractivity contribution < 1.29 is 4.74 Å². The van der Waals surface area contributed by atoms with Crippen LogP contribution in [0.15, 0.2) is 0 Å². The standard InChI is InChI=1S/C10H23NO/c1-5-10(4)11-7-6-8-12-9(2)3/h9-11H,5-8H2,1-4H3. The third-order valence-electron chi connectivity index (χ3n) is 1.88. The molecule has 1 unspecified atom stereocenters. The predicted octanol–water partition coefficient (Wildman–Crippen LogP) is 2.19. The van der Waals surface area contributed by atoms with Gasteiger partial charge in [-0.15, -0.1) is 0 Å². The molecule has 0 aromatic heterocycles. The minimum Gasteiger partial charge on any atom is -0.379 e. The Balaban J connectivity index is 3.00. The van der Waals surface area contributed by atoms with Gasteiger partial charge in [-0.3, -0.25) is 0 Å². The quantitative estimate of drug-likeness (QED) is 0.596. The van der Waals surface area contributed by atoms with Gasteiger partial charge >= 0.3 is 0 Å². The smallest absolute Gasteiger partial charge is 0.0518 e. The summed E-state index contributed by atoms with van der Waals surface area (Å²) in [4.78, 5) is 0. The average Bonchev–Trinajstić information content (AvgIpc) is 2.03. The van der Waals surface area contributed by atoms with Crippen LogP contribution < -0.4 is 5.32 Å². The van der Waals surface area contributed by atoms with E-state index in [0.717, 1.165) is 19.6 Å². The first-order valence-corrected chi connectivity index (χ1v) is 5.01. The Morgan fingerprint density at radius 2 is 1.92 bits per heavy atom. The van der Waals surface area contributed by atoms with Gasteiger partial charge in [0.05, 0.1) is 6.10 Å². The summed E-state index contributed by atoms with van der Waals surface area (Å²) in [5.41, 5.74) is 0. The van der Waals surface area contributed by atoms with Gasteiger partial charge in [0.25, 0.3) is 0 Å². The monoisotopic (exact) mass is 173 g/mol. The van der Waals surface area contributed by atoms with Crippen LogP contribution in [0.2, 0.25) is 0 Å². The van der Waals surface area contributed by atoms with Gasteiger partial charge in [-0.05, 0) is 40.2 Å². The second-order valence-corrected chi connectivity index (χ2v) is 3.54. The Bertz CT molecular complexity index is 93.8. The maximum Gasteiger partial charge on any atom is 0.0518 e. The largest absolute Gasteiger partial charge is 0.379 e. The maximum absolute atomic E-state index is 5.42. The Kier molecular flexibility index (Phi) is 7.51. The molecule has 0 aliphatic rings. The van der Waals surface area contributed by atoms with Crippen LogP contribution >= 0.6 is 0 Å². The molecule has 0 bridgehead atoms. The molecular weight excluding hydrogens is 150 g/mol. The number of nitrogens with one attached hydrogen (secondary N) is 1. The summed E-state index contributed by atoms with van der Waals surface area (Å²) < 4.78 is 5.42. The molecule has 12 heavy (non-hydrogen) atoms. The van der Waals surface area contributed by atoms with Crippen molar-refractivity contribution >= 4 is 0 Å². The van der Waals surface area contributed by atoms with Crippen molar-refractivity contribution in [1.29, 1.82) is 0 Å². The number of hydrogen-bond donors (Lipinski definition) is 1. The Labute approximate surface area is 76.7 Å². The second kappa shape index (κ2) is 7.56. The number of rotatable bonds is 7. The van der Waals surface area contributed by atoms with Gasteiger partial charge in [0.1, 0.15) is 0 Å². The molecule has 0 aliphatic heterocycles. The molecule has 0 spiro atoms. The van der Waals surface area contributed by atoms with E-state index in [1.807, 2.05) is 0 Å². The van der Waals surface area contributed by atoms with Gasteiger partial charge in [-0.25, -0.2) is 0 Å². The van der Waals surface area contributed by atoms with Crippen molar-refractivity contribution in [3.05, 3.63) is 0 Å². The van der Waals surface area contributed by atoms with Crippen LogP contribution in [0.3, 0.4) is 0 Å². The van der Waals surface area contributed by atoms with Crippen molar-refractivity contribution in [2.45, 2.75) is 52.7 Å². The van der Waals surface area contributed by atoms with E-state index < -0.39 is 0 Å². The zero-order valence-corrected chi connectivity index (χ0v) is 8.89. The molecule has 74 valence electrons. The first-order chi connectivity index (χ1) is 5.66. The first-order valence-electron chi connectivity index (χ1n) is 5.01. The van der Waals surface area contributed by atoms with Crippen molar-refractivity contribution in [3.63, 3.8) is 0 Å². The molecule has 0 amide bonds. The molecule has 0 saturated carbocycles. The molecule has 0 rings (SSSR count). The van der Waals surface area contributed by atoms with E-state index in [1.165, 1.54) is 6.42 Å². The minimum atomic E-state index is 0.369. The van der Waals surface area contributed by atoms with Crippen LogP contribution in [0.1, 0.15) is 40.5 Å². The number of hydrogen-bond acceptors (Lipinski definition) is 2. The molecule has 0 aromatic rings. The van der Waals surface area contributed by atoms with Crippen LogP contribution in [0, 0.1) is 0 Å². The van der Waals surface area contributed by atoms with Crippen LogP contribution in [-0.4, -0.2) is 25.3 Å². The third kappa shape index (κ3) is 8.02. The Hall–Kier alpha value is -0.0800. The molecule has 0 radical (unpaired) electrons. The van der Waals surface area contributed by atoms with Crippen molar-refractivity contribution in [2.24, 2.45) is 0 Å². The maximum atomic E-state index is 5.42. The Morgan fingerprint density at radius 1 is 1.25 bits per heavy atom. The predicted molar refractivity (Wildman–Crippen MR) is 53.5 cm³/mol. The highest BCUT2D eigenvalue weighted by Crippen LogP contribution is 1.91. The molecule has 1 N–H and O–H groups in total. The fraction of sp³-hybridized carbons (Fsp3) is 1.00. The zero-order chi connectivity index (χ0) is 9.40. The van der Waals surface area contributed by atoms with Gasteiger partial charge in [0, 0.05) is 12.6 Å². The summed E-state index contributed by atoms with van der Waals surface area (Å²) in [7, 11) is 0. The van der Waals surface area contributed by atoms with Crippen molar-refractivity contribution in [3.8, 4) is 0 Å². The lowest BCUT2D eigenvalue weighted by Gasteiger charge is -2.11. The highest BCUT2D eigenvalue weighted by atomic mass is 16.5. The summed E-state index contributed by atoms with van der Waals surface area (Å²) in [6.45, 7) is 10.5. The molecule has 0 saturated heterocycles. The first kappa shape index (κ1) is 11.9. The lowest BCUT2D eigenvalue weighted by Crippen LogP contribution is -2.27. The summed E-state index contributed by atoms with van der Waals surface area (Å²) >= 11 is 0. The molecule has 0 aromatic carbocycles. The van der Waals surface area contributed by atoms with E-state index in [-0.39, 0.29) is 0 Å². The van der Waals surface area contributed by atoms with Gasteiger partial charge in [0.15, 0.2) is 0 Å².